The van der Waals surface area contributed by atoms with Gasteiger partial charge in [-0.1, -0.05) is 167 Å². The van der Waals surface area contributed by atoms with Crippen LogP contribution in [-0.2, 0) is 9.53 Å². The molecule has 0 aromatic rings. The first-order valence-electron chi connectivity index (χ1n) is 17.1. The van der Waals surface area contributed by atoms with E-state index in [0.29, 0.717) is 13.0 Å². The van der Waals surface area contributed by atoms with Crippen molar-refractivity contribution in [3.63, 3.8) is 0 Å². The van der Waals surface area contributed by atoms with Gasteiger partial charge in [-0.25, -0.2) is 0 Å². The lowest BCUT2D eigenvalue weighted by atomic mass is 10.0. The second-order valence-electron chi connectivity index (χ2n) is 11.5. The second-order valence-corrected chi connectivity index (χ2v) is 11.5. The van der Waals surface area contributed by atoms with Crippen LogP contribution in [0.3, 0.4) is 0 Å². The predicted molar refractivity (Wildman–Crippen MR) is 165 cm³/mol. The van der Waals surface area contributed by atoms with E-state index in [1.54, 1.807) is 0 Å². The molecule has 0 fully saturated rings. The first-order valence-corrected chi connectivity index (χ1v) is 17.1. The molecule has 0 aliphatic carbocycles. The topological polar surface area (TPSA) is 26.3 Å². The van der Waals surface area contributed by atoms with Crippen molar-refractivity contribution in [2.75, 3.05) is 6.61 Å². The summed E-state index contributed by atoms with van der Waals surface area (Å²) < 4.78 is 5.43. The fourth-order valence-corrected chi connectivity index (χ4v) is 5.07. The first-order chi connectivity index (χ1) is 18.3. The van der Waals surface area contributed by atoms with E-state index in [4.69, 9.17) is 4.74 Å². The highest BCUT2D eigenvalue weighted by Gasteiger charge is 2.02. The van der Waals surface area contributed by atoms with Crippen LogP contribution in [0, 0.1) is 0 Å². The molecule has 0 aromatic heterocycles. The number of carbonyl (C=O) groups is 1. The molecule has 220 valence electrons. The van der Waals surface area contributed by atoms with Gasteiger partial charge in [0.2, 0.25) is 0 Å². The highest BCUT2D eigenvalue weighted by molar-refractivity contribution is 5.69. The second kappa shape index (κ2) is 33.2. The van der Waals surface area contributed by atoms with Crippen LogP contribution in [-0.4, -0.2) is 12.6 Å². The Morgan fingerprint density at radius 1 is 0.432 bits per heavy atom. The van der Waals surface area contributed by atoms with Gasteiger partial charge in [-0.2, -0.15) is 0 Å². The van der Waals surface area contributed by atoms with Crippen LogP contribution in [0.5, 0.6) is 0 Å². The molecule has 37 heavy (non-hydrogen) atoms. The Balaban J connectivity index is 3.17. The van der Waals surface area contributed by atoms with E-state index >= 15 is 0 Å². The Labute approximate surface area is 234 Å². The van der Waals surface area contributed by atoms with Crippen LogP contribution < -0.4 is 0 Å². The molecule has 0 bridgehead atoms. The Kier molecular flexibility index (Phi) is 32.5. The number of hydrogen-bond donors (Lipinski definition) is 0. The predicted octanol–water partition coefficient (Wildman–Crippen LogP) is 12.4. The lowest BCUT2D eigenvalue weighted by Crippen LogP contribution is -2.05. The molecule has 0 rings (SSSR count). The van der Waals surface area contributed by atoms with Crippen molar-refractivity contribution in [1.82, 2.24) is 0 Å². The highest BCUT2D eigenvalue weighted by Crippen LogP contribution is 2.14. The van der Waals surface area contributed by atoms with Gasteiger partial charge in [0, 0.05) is 6.42 Å². The van der Waals surface area contributed by atoms with Crippen LogP contribution in [0.4, 0.5) is 0 Å². The molecule has 0 spiro atoms. The van der Waals surface area contributed by atoms with Crippen molar-refractivity contribution in [1.29, 1.82) is 0 Å². The van der Waals surface area contributed by atoms with Gasteiger partial charge in [-0.05, 0) is 38.5 Å². The summed E-state index contributed by atoms with van der Waals surface area (Å²) in [7, 11) is 0. The molecule has 0 N–H and O–H groups in total. The molecule has 0 amide bonds. The van der Waals surface area contributed by atoms with Gasteiger partial charge in [-0.3, -0.25) is 4.79 Å². The van der Waals surface area contributed by atoms with Crippen LogP contribution in [0.15, 0.2) is 12.2 Å². The molecule has 0 aliphatic rings. The Bertz CT molecular complexity index is 456. The summed E-state index contributed by atoms with van der Waals surface area (Å²) >= 11 is 0. The van der Waals surface area contributed by atoms with Crippen LogP contribution >= 0.6 is 0 Å². The minimum atomic E-state index is 0.0162. The number of carbonyl (C=O) groups excluding carboxylic acids is 1. The average molecular weight is 521 g/mol. The zero-order chi connectivity index (χ0) is 26.9. The first kappa shape index (κ1) is 36.2. The van der Waals surface area contributed by atoms with Gasteiger partial charge in [0.15, 0.2) is 0 Å². The molecule has 2 heteroatoms. The molecule has 0 heterocycles. The molecule has 2 nitrogen and oxygen atoms in total. The third-order valence-electron chi connectivity index (χ3n) is 7.65. The molecular weight excluding hydrogens is 452 g/mol. The Morgan fingerprint density at radius 3 is 1.19 bits per heavy atom. The molecular formula is C35H68O2. The molecule has 0 radical (unpaired) electrons. The molecule has 0 atom stereocenters. The van der Waals surface area contributed by atoms with Gasteiger partial charge in [0.05, 0.1) is 6.61 Å². The quantitative estimate of drug-likeness (QED) is 0.0516. The molecule has 0 unspecified atom stereocenters. The largest absolute Gasteiger partial charge is 0.466 e. The highest BCUT2D eigenvalue weighted by atomic mass is 16.5. The number of allylic oxidation sites excluding steroid dienone is 2. The summed E-state index contributed by atoms with van der Waals surface area (Å²) in [5.41, 5.74) is 0. The Morgan fingerprint density at radius 2 is 0.757 bits per heavy atom. The van der Waals surface area contributed by atoms with Crippen molar-refractivity contribution in [3.8, 4) is 0 Å². The third-order valence-corrected chi connectivity index (χ3v) is 7.65. The van der Waals surface area contributed by atoms with Crippen LogP contribution in [0.2, 0.25) is 0 Å². The van der Waals surface area contributed by atoms with E-state index in [1.807, 2.05) is 0 Å². The van der Waals surface area contributed by atoms with Crippen molar-refractivity contribution in [2.45, 2.75) is 200 Å². The summed E-state index contributed by atoms with van der Waals surface area (Å²) in [6.07, 6.45) is 42.7. The van der Waals surface area contributed by atoms with E-state index in [9.17, 15) is 4.79 Å². The number of hydrogen-bond acceptors (Lipinski definition) is 2. The van der Waals surface area contributed by atoms with E-state index < -0.39 is 0 Å². The normalized spacial score (nSPS) is 11.5. The molecule has 0 aromatic carbocycles. The van der Waals surface area contributed by atoms with Crippen LogP contribution in [0.1, 0.15) is 200 Å². The number of unbranched alkanes of at least 4 members (excludes halogenated alkanes) is 25. The number of ether oxygens (including phenoxy) is 1. The van der Waals surface area contributed by atoms with Gasteiger partial charge >= 0.3 is 5.97 Å². The number of rotatable bonds is 31. The van der Waals surface area contributed by atoms with E-state index in [2.05, 4.69) is 26.0 Å². The van der Waals surface area contributed by atoms with Crippen LogP contribution in [0.25, 0.3) is 0 Å². The Hall–Kier alpha value is -0.790. The molecule has 0 saturated heterocycles. The van der Waals surface area contributed by atoms with Crippen molar-refractivity contribution < 1.29 is 9.53 Å². The summed E-state index contributed by atoms with van der Waals surface area (Å²) in [5.74, 6) is 0.0162. The van der Waals surface area contributed by atoms with E-state index in [0.717, 1.165) is 19.3 Å². The molecule has 0 saturated carbocycles. The van der Waals surface area contributed by atoms with E-state index in [-0.39, 0.29) is 5.97 Å². The maximum absolute atomic E-state index is 11.9. The molecule has 0 aliphatic heterocycles. The summed E-state index contributed by atoms with van der Waals surface area (Å²) in [6, 6.07) is 0. The van der Waals surface area contributed by atoms with Gasteiger partial charge in [-0.15, -0.1) is 0 Å². The van der Waals surface area contributed by atoms with Gasteiger partial charge < -0.3 is 4.74 Å². The van der Waals surface area contributed by atoms with Gasteiger partial charge in [0.1, 0.15) is 0 Å². The summed E-state index contributed by atoms with van der Waals surface area (Å²) in [4.78, 5) is 11.9. The zero-order valence-corrected chi connectivity index (χ0v) is 25.7. The average Bonchev–Trinajstić information content (AvgIpc) is 2.90. The lowest BCUT2D eigenvalue weighted by molar-refractivity contribution is -0.143. The lowest BCUT2D eigenvalue weighted by Gasteiger charge is -2.05. The van der Waals surface area contributed by atoms with Crippen molar-refractivity contribution in [3.05, 3.63) is 12.2 Å². The third kappa shape index (κ3) is 33.2. The maximum Gasteiger partial charge on any atom is 0.305 e. The summed E-state index contributed by atoms with van der Waals surface area (Å²) in [5, 5.41) is 0. The fourth-order valence-electron chi connectivity index (χ4n) is 5.07. The fraction of sp³-hybridized carbons (Fsp3) is 0.914. The van der Waals surface area contributed by atoms with Crippen molar-refractivity contribution in [2.24, 2.45) is 0 Å². The number of esters is 1. The van der Waals surface area contributed by atoms with Crippen molar-refractivity contribution >= 4 is 5.97 Å². The van der Waals surface area contributed by atoms with Gasteiger partial charge in [0.25, 0.3) is 0 Å². The smallest absolute Gasteiger partial charge is 0.305 e. The van der Waals surface area contributed by atoms with E-state index in [1.165, 1.54) is 161 Å². The minimum Gasteiger partial charge on any atom is -0.466 e. The summed E-state index contributed by atoms with van der Waals surface area (Å²) in [6.45, 7) is 5.18. The minimum absolute atomic E-state index is 0.0162. The SMILES string of the molecule is CCCCCC/C=C\CCCCCCCC(=O)OCCCCCCCCCCCCCCCCCCC. The monoisotopic (exact) mass is 521 g/mol. The standard InChI is InChI=1S/C35H68O2/c1-3-5-7-9-11-13-15-17-18-19-20-22-24-26-28-30-32-34-37-35(36)33-31-29-27-25-23-21-16-14-12-10-8-6-4-2/h14,16H,3-13,15,17-34H2,1-2H3/b16-14-. The maximum atomic E-state index is 11.9. The zero-order valence-electron chi connectivity index (χ0n) is 25.7.